The number of nitrogens with zero attached hydrogens (tertiary/aromatic N) is 1. The maximum atomic E-state index is 6.08. The molecule has 2 heterocycles. The van der Waals surface area contributed by atoms with E-state index in [0.717, 1.165) is 32.1 Å². The van der Waals surface area contributed by atoms with E-state index in [1.807, 2.05) is 0 Å². The van der Waals surface area contributed by atoms with Crippen LogP contribution in [0.2, 0.25) is 0 Å². The summed E-state index contributed by atoms with van der Waals surface area (Å²) in [6.07, 6.45) is 2.19. The van der Waals surface area contributed by atoms with Crippen molar-refractivity contribution in [2.45, 2.75) is 0 Å². The first-order valence-corrected chi connectivity index (χ1v) is 9.19. The molecule has 0 aliphatic carbocycles. The second kappa shape index (κ2) is 6.50. The van der Waals surface area contributed by atoms with Gasteiger partial charge in [-0.25, -0.2) is 0 Å². The predicted molar refractivity (Wildman–Crippen MR) is 106 cm³/mol. The zero-order valence-corrected chi connectivity index (χ0v) is 14.7. The van der Waals surface area contributed by atoms with Gasteiger partial charge in [0.25, 0.3) is 0 Å². The number of fused-ring (bicyclic) bond motifs is 3. The fourth-order valence-corrected chi connectivity index (χ4v) is 3.99. The monoisotopic (exact) mass is 343 g/mol. The summed E-state index contributed by atoms with van der Waals surface area (Å²) in [4.78, 5) is 2.41. The molecule has 1 saturated heterocycles. The van der Waals surface area contributed by atoms with Crippen LogP contribution in [0.25, 0.3) is 16.3 Å². The second-order valence-corrected chi connectivity index (χ2v) is 6.71. The summed E-state index contributed by atoms with van der Waals surface area (Å²) in [7, 11) is 0. The first kappa shape index (κ1) is 15.5. The van der Waals surface area contributed by atoms with E-state index in [0.29, 0.717) is 6.61 Å². The van der Waals surface area contributed by atoms with Crippen molar-refractivity contribution in [3.05, 3.63) is 77.9 Å². The second-order valence-electron chi connectivity index (χ2n) is 6.71. The molecule has 3 heteroatoms. The lowest BCUT2D eigenvalue weighted by Crippen LogP contribution is -2.36. The molecule has 3 nitrogen and oxygen atoms in total. The molecule has 2 aliphatic rings. The number of morpholine rings is 1. The van der Waals surface area contributed by atoms with Crippen LogP contribution in [0, 0.1) is 0 Å². The molecule has 0 spiro atoms. The summed E-state index contributed by atoms with van der Waals surface area (Å²) in [5.74, 6) is 0.978. The van der Waals surface area contributed by atoms with Crippen LogP contribution in [0.5, 0.6) is 5.75 Å². The van der Waals surface area contributed by atoms with Gasteiger partial charge in [0.05, 0.1) is 13.2 Å². The van der Waals surface area contributed by atoms with Crippen molar-refractivity contribution in [2.75, 3.05) is 37.8 Å². The van der Waals surface area contributed by atoms with E-state index in [-0.39, 0.29) is 0 Å². The molecule has 0 radical (unpaired) electrons. The minimum Gasteiger partial charge on any atom is -0.489 e. The standard InChI is InChI=1S/C23H21NO2/c1-2-6-17(7-3-1)18-10-13-26-22-16-21(24-11-14-25-15-12-24)19-8-4-5-9-20(19)23(18)22/h1-10,16H,11-15H2. The highest BCUT2D eigenvalue weighted by molar-refractivity contribution is 6.06. The van der Waals surface area contributed by atoms with Crippen LogP contribution in [0.3, 0.4) is 0 Å². The molecule has 26 heavy (non-hydrogen) atoms. The number of benzene rings is 3. The van der Waals surface area contributed by atoms with E-state index in [4.69, 9.17) is 9.47 Å². The van der Waals surface area contributed by atoms with Crippen LogP contribution in [-0.4, -0.2) is 32.9 Å². The molecule has 0 unspecified atom stereocenters. The molecule has 0 atom stereocenters. The van der Waals surface area contributed by atoms with Gasteiger partial charge in [0.1, 0.15) is 12.4 Å². The molecule has 130 valence electrons. The van der Waals surface area contributed by atoms with Crippen LogP contribution >= 0.6 is 0 Å². The Balaban J connectivity index is 1.73. The lowest BCUT2D eigenvalue weighted by Gasteiger charge is -2.32. The van der Waals surface area contributed by atoms with Gasteiger partial charge in [-0.15, -0.1) is 0 Å². The smallest absolute Gasteiger partial charge is 0.130 e. The van der Waals surface area contributed by atoms with Crippen molar-refractivity contribution >= 4 is 22.0 Å². The Kier molecular flexibility index (Phi) is 3.87. The highest BCUT2D eigenvalue weighted by atomic mass is 16.5. The minimum atomic E-state index is 0.609. The molecule has 2 aliphatic heterocycles. The molecule has 0 saturated carbocycles. The Morgan fingerprint density at radius 2 is 1.54 bits per heavy atom. The lowest BCUT2D eigenvalue weighted by atomic mass is 9.90. The summed E-state index contributed by atoms with van der Waals surface area (Å²) in [5, 5.41) is 2.53. The average Bonchev–Trinajstić information content (AvgIpc) is 2.74. The Morgan fingerprint density at radius 3 is 2.35 bits per heavy atom. The van der Waals surface area contributed by atoms with Crippen molar-refractivity contribution in [1.29, 1.82) is 0 Å². The minimum absolute atomic E-state index is 0.609. The molecular formula is C23H21NO2. The van der Waals surface area contributed by atoms with Gasteiger partial charge < -0.3 is 14.4 Å². The van der Waals surface area contributed by atoms with Crippen molar-refractivity contribution in [3.8, 4) is 5.75 Å². The van der Waals surface area contributed by atoms with Crippen molar-refractivity contribution in [1.82, 2.24) is 0 Å². The molecule has 1 fully saturated rings. The SMILES string of the molecule is C1=C(c2ccccc2)c2c(cc(N3CCOCC3)c3ccccc23)OC1. The first-order chi connectivity index (χ1) is 12.9. The van der Waals surface area contributed by atoms with Crippen LogP contribution < -0.4 is 9.64 Å². The lowest BCUT2D eigenvalue weighted by molar-refractivity contribution is 0.123. The number of anilines is 1. The Bertz CT molecular complexity index is 972. The van der Waals surface area contributed by atoms with Crippen molar-refractivity contribution in [2.24, 2.45) is 0 Å². The Morgan fingerprint density at radius 1 is 0.808 bits per heavy atom. The quantitative estimate of drug-likeness (QED) is 0.684. The highest BCUT2D eigenvalue weighted by Gasteiger charge is 2.23. The van der Waals surface area contributed by atoms with Crippen molar-refractivity contribution < 1.29 is 9.47 Å². The number of ether oxygens (including phenoxy) is 2. The van der Waals surface area contributed by atoms with E-state index >= 15 is 0 Å². The highest BCUT2D eigenvalue weighted by Crippen LogP contribution is 2.43. The fourth-order valence-electron chi connectivity index (χ4n) is 3.99. The van der Waals surface area contributed by atoms with Crippen molar-refractivity contribution in [3.63, 3.8) is 0 Å². The van der Waals surface area contributed by atoms with Gasteiger partial charge >= 0.3 is 0 Å². The van der Waals surface area contributed by atoms with Gasteiger partial charge in [0, 0.05) is 35.8 Å². The fraction of sp³-hybridized carbons (Fsp3) is 0.217. The van der Waals surface area contributed by atoms with Gasteiger partial charge in [-0.2, -0.15) is 0 Å². The van der Waals surface area contributed by atoms with Crippen LogP contribution in [0.1, 0.15) is 11.1 Å². The Hall–Kier alpha value is -2.78. The van der Waals surface area contributed by atoms with E-state index in [9.17, 15) is 0 Å². The third kappa shape index (κ3) is 2.56. The molecule has 0 bridgehead atoms. The first-order valence-electron chi connectivity index (χ1n) is 9.19. The van der Waals surface area contributed by atoms with E-state index in [1.54, 1.807) is 0 Å². The van der Waals surface area contributed by atoms with Gasteiger partial charge in [-0.05, 0) is 22.6 Å². The summed E-state index contributed by atoms with van der Waals surface area (Å²) in [6, 6.07) is 21.5. The summed E-state index contributed by atoms with van der Waals surface area (Å²) in [5.41, 5.74) is 4.95. The molecule has 5 rings (SSSR count). The summed E-state index contributed by atoms with van der Waals surface area (Å²) < 4.78 is 11.6. The van der Waals surface area contributed by atoms with Gasteiger partial charge in [-0.3, -0.25) is 0 Å². The zero-order chi connectivity index (χ0) is 17.3. The van der Waals surface area contributed by atoms with Crippen LogP contribution in [0.4, 0.5) is 5.69 Å². The normalized spacial score (nSPS) is 16.8. The third-order valence-electron chi connectivity index (χ3n) is 5.22. The topological polar surface area (TPSA) is 21.7 Å². The molecule has 0 aromatic heterocycles. The van der Waals surface area contributed by atoms with Crippen LogP contribution in [0.15, 0.2) is 66.7 Å². The van der Waals surface area contributed by atoms with E-state index < -0.39 is 0 Å². The maximum absolute atomic E-state index is 6.08. The van der Waals surface area contributed by atoms with Crippen LogP contribution in [-0.2, 0) is 4.74 Å². The molecule has 0 N–H and O–H groups in total. The average molecular weight is 343 g/mol. The van der Waals surface area contributed by atoms with E-state index in [1.165, 1.54) is 33.2 Å². The van der Waals surface area contributed by atoms with Gasteiger partial charge in [0.15, 0.2) is 0 Å². The van der Waals surface area contributed by atoms with Gasteiger partial charge in [-0.1, -0.05) is 54.6 Å². The largest absolute Gasteiger partial charge is 0.489 e. The molecule has 3 aromatic rings. The van der Waals surface area contributed by atoms with Gasteiger partial charge in [0.2, 0.25) is 0 Å². The predicted octanol–water partition coefficient (Wildman–Crippen LogP) is 4.50. The molecule has 3 aromatic carbocycles. The number of rotatable bonds is 2. The third-order valence-corrected chi connectivity index (χ3v) is 5.22. The van der Waals surface area contributed by atoms with E-state index in [2.05, 4.69) is 71.6 Å². The number of hydrogen-bond donors (Lipinski definition) is 0. The molecular weight excluding hydrogens is 322 g/mol. The molecule has 0 amide bonds. The Labute approximate surface area is 153 Å². The zero-order valence-electron chi connectivity index (χ0n) is 14.7. The summed E-state index contributed by atoms with van der Waals surface area (Å²) in [6.45, 7) is 4.01. The maximum Gasteiger partial charge on any atom is 0.130 e. The summed E-state index contributed by atoms with van der Waals surface area (Å²) >= 11 is 0. The number of hydrogen-bond acceptors (Lipinski definition) is 3.